The number of benzene rings is 2. The molecule has 116 valence electrons. The lowest BCUT2D eigenvalue weighted by Crippen LogP contribution is -2.87. The Morgan fingerprint density at radius 2 is 1.82 bits per heavy atom. The first kappa shape index (κ1) is 16.0. The summed E-state index contributed by atoms with van der Waals surface area (Å²) in [6, 6.07) is 18.1. The van der Waals surface area contributed by atoms with Gasteiger partial charge in [-0.2, -0.15) is 0 Å². The minimum Gasteiger partial charge on any atom is -0.496 e. The van der Waals surface area contributed by atoms with Crippen molar-refractivity contribution in [3.05, 3.63) is 65.7 Å². The van der Waals surface area contributed by atoms with Gasteiger partial charge in [-0.05, 0) is 13.0 Å². The molecule has 0 fully saturated rings. The SMILES string of the molecule is COc1ccccc1CNC(=O)C[NH2+][C@@H](C)c1ccccc1. The number of quaternary nitrogens is 1. The molecule has 0 saturated heterocycles. The molecule has 0 bridgehead atoms. The van der Waals surface area contributed by atoms with Gasteiger partial charge in [0, 0.05) is 17.7 Å². The molecule has 0 radical (unpaired) electrons. The topological polar surface area (TPSA) is 54.9 Å². The summed E-state index contributed by atoms with van der Waals surface area (Å²) in [6.07, 6.45) is 0. The van der Waals surface area contributed by atoms with Gasteiger partial charge in [0.1, 0.15) is 11.8 Å². The van der Waals surface area contributed by atoms with Gasteiger partial charge in [0.15, 0.2) is 6.54 Å². The molecule has 0 spiro atoms. The first-order valence-corrected chi connectivity index (χ1v) is 7.47. The van der Waals surface area contributed by atoms with Crippen LogP contribution in [0, 0.1) is 0 Å². The van der Waals surface area contributed by atoms with Gasteiger partial charge >= 0.3 is 0 Å². The van der Waals surface area contributed by atoms with E-state index in [1.807, 2.05) is 47.8 Å². The zero-order valence-electron chi connectivity index (χ0n) is 13.1. The van der Waals surface area contributed by atoms with E-state index in [1.54, 1.807) is 7.11 Å². The van der Waals surface area contributed by atoms with Crippen molar-refractivity contribution < 1.29 is 14.8 Å². The number of rotatable bonds is 7. The van der Waals surface area contributed by atoms with Crippen LogP contribution in [0.4, 0.5) is 0 Å². The van der Waals surface area contributed by atoms with Gasteiger partial charge in [0.05, 0.1) is 7.11 Å². The first-order valence-electron chi connectivity index (χ1n) is 7.47. The first-order chi connectivity index (χ1) is 10.7. The summed E-state index contributed by atoms with van der Waals surface area (Å²) in [5.41, 5.74) is 2.20. The second-order valence-corrected chi connectivity index (χ2v) is 5.23. The van der Waals surface area contributed by atoms with E-state index >= 15 is 0 Å². The van der Waals surface area contributed by atoms with Crippen LogP contribution in [0.1, 0.15) is 24.1 Å². The molecule has 1 atom stereocenters. The standard InChI is InChI=1S/C18H22N2O2/c1-14(15-8-4-3-5-9-15)19-13-18(21)20-12-16-10-6-7-11-17(16)22-2/h3-11,14,19H,12-13H2,1-2H3,(H,20,21)/p+1/t14-/m0/s1. The van der Waals surface area contributed by atoms with Crippen LogP contribution >= 0.6 is 0 Å². The molecule has 2 aromatic carbocycles. The average molecular weight is 299 g/mol. The van der Waals surface area contributed by atoms with Gasteiger partial charge in [0.2, 0.25) is 0 Å². The fraction of sp³-hybridized carbons (Fsp3) is 0.278. The smallest absolute Gasteiger partial charge is 0.275 e. The number of nitrogens with one attached hydrogen (secondary N) is 1. The third-order valence-corrected chi connectivity index (χ3v) is 3.65. The molecular weight excluding hydrogens is 276 g/mol. The second-order valence-electron chi connectivity index (χ2n) is 5.23. The number of para-hydroxylation sites is 1. The molecule has 0 unspecified atom stereocenters. The van der Waals surface area contributed by atoms with E-state index in [-0.39, 0.29) is 11.9 Å². The van der Waals surface area contributed by atoms with Gasteiger partial charge in [-0.3, -0.25) is 4.79 Å². The molecule has 0 saturated carbocycles. The number of nitrogens with two attached hydrogens (primary N) is 1. The van der Waals surface area contributed by atoms with Gasteiger partial charge < -0.3 is 15.4 Å². The minimum absolute atomic E-state index is 0.0219. The largest absolute Gasteiger partial charge is 0.496 e. The highest BCUT2D eigenvalue weighted by Gasteiger charge is 2.11. The van der Waals surface area contributed by atoms with Crippen LogP contribution in [0.5, 0.6) is 5.75 Å². The molecule has 2 rings (SSSR count). The zero-order valence-corrected chi connectivity index (χ0v) is 13.1. The zero-order chi connectivity index (χ0) is 15.8. The Balaban J connectivity index is 1.79. The summed E-state index contributed by atoms with van der Waals surface area (Å²) in [6.45, 7) is 2.99. The second kappa shape index (κ2) is 8.20. The van der Waals surface area contributed by atoms with E-state index in [2.05, 4.69) is 24.4 Å². The van der Waals surface area contributed by atoms with Crippen LogP contribution in [0.15, 0.2) is 54.6 Å². The molecule has 22 heavy (non-hydrogen) atoms. The molecule has 2 aromatic rings. The predicted molar refractivity (Wildman–Crippen MR) is 86.5 cm³/mol. The maximum absolute atomic E-state index is 12.0. The van der Waals surface area contributed by atoms with Crippen LogP contribution in [0.2, 0.25) is 0 Å². The van der Waals surface area contributed by atoms with E-state index < -0.39 is 0 Å². The van der Waals surface area contributed by atoms with E-state index in [9.17, 15) is 4.79 Å². The number of hydrogen-bond acceptors (Lipinski definition) is 2. The highest BCUT2D eigenvalue weighted by Crippen LogP contribution is 2.16. The Morgan fingerprint density at radius 3 is 2.55 bits per heavy atom. The molecule has 0 aliphatic carbocycles. The minimum atomic E-state index is 0.0219. The van der Waals surface area contributed by atoms with Crippen LogP contribution in [0.3, 0.4) is 0 Å². The lowest BCUT2D eigenvalue weighted by Gasteiger charge is -2.12. The number of carbonyl (C=O) groups is 1. The Morgan fingerprint density at radius 1 is 1.14 bits per heavy atom. The number of hydrogen-bond donors (Lipinski definition) is 2. The Hall–Kier alpha value is -2.33. The summed E-state index contributed by atoms with van der Waals surface area (Å²) in [5, 5.41) is 4.96. The fourth-order valence-corrected chi connectivity index (χ4v) is 2.29. The Kier molecular flexibility index (Phi) is 5.98. The third-order valence-electron chi connectivity index (χ3n) is 3.65. The quantitative estimate of drug-likeness (QED) is 0.816. The molecule has 3 N–H and O–H groups in total. The van der Waals surface area contributed by atoms with E-state index in [4.69, 9.17) is 4.74 Å². The van der Waals surface area contributed by atoms with Crippen molar-refractivity contribution >= 4 is 5.91 Å². The van der Waals surface area contributed by atoms with Crippen molar-refractivity contribution in [1.29, 1.82) is 0 Å². The van der Waals surface area contributed by atoms with Crippen molar-refractivity contribution in [3.63, 3.8) is 0 Å². The molecule has 4 heteroatoms. The summed E-state index contributed by atoms with van der Waals surface area (Å²) < 4.78 is 5.27. The van der Waals surface area contributed by atoms with Gasteiger partial charge in [-0.25, -0.2) is 0 Å². The summed E-state index contributed by atoms with van der Waals surface area (Å²) in [4.78, 5) is 12.0. The Labute approximate surface area is 131 Å². The van der Waals surface area contributed by atoms with E-state index in [0.717, 1.165) is 11.3 Å². The van der Waals surface area contributed by atoms with E-state index in [0.29, 0.717) is 13.1 Å². The molecule has 4 nitrogen and oxygen atoms in total. The summed E-state index contributed by atoms with van der Waals surface area (Å²) in [5.74, 6) is 0.818. The summed E-state index contributed by atoms with van der Waals surface area (Å²) >= 11 is 0. The molecular formula is C18H23N2O2+. The van der Waals surface area contributed by atoms with Crippen molar-refractivity contribution in [1.82, 2.24) is 5.32 Å². The molecule has 0 aliphatic heterocycles. The van der Waals surface area contributed by atoms with Crippen LogP contribution < -0.4 is 15.4 Å². The van der Waals surface area contributed by atoms with Crippen molar-refractivity contribution in [2.24, 2.45) is 0 Å². The lowest BCUT2D eigenvalue weighted by molar-refractivity contribution is -0.682. The fourth-order valence-electron chi connectivity index (χ4n) is 2.29. The van der Waals surface area contributed by atoms with Gasteiger partial charge in [-0.15, -0.1) is 0 Å². The molecule has 1 amide bonds. The number of methoxy groups -OCH3 is 1. The number of amides is 1. The normalized spacial score (nSPS) is 11.7. The monoisotopic (exact) mass is 299 g/mol. The highest BCUT2D eigenvalue weighted by atomic mass is 16.5. The van der Waals surface area contributed by atoms with Crippen LogP contribution in [-0.2, 0) is 11.3 Å². The average Bonchev–Trinajstić information content (AvgIpc) is 2.58. The van der Waals surface area contributed by atoms with Crippen molar-refractivity contribution in [3.8, 4) is 5.75 Å². The van der Waals surface area contributed by atoms with Gasteiger partial charge in [0.25, 0.3) is 5.91 Å². The highest BCUT2D eigenvalue weighted by molar-refractivity contribution is 5.76. The lowest BCUT2D eigenvalue weighted by atomic mass is 10.1. The maximum atomic E-state index is 12.0. The van der Waals surface area contributed by atoms with Crippen LogP contribution in [0.25, 0.3) is 0 Å². The van der Waals surface area contributed by atoms with Gasteiger partial charge in [-0.1, -0.05) is 48.5 Å². The molecule has 0 aliphatic rings. The Bertz CT molecular complexity index is 599. The van der Waals surface area contributed by atoms with Crippen LogP contribution in [-0.4, -0.2) is 19.6 Å². The molecule has 0 heterocycles. The maximum Gasteiger partial charge on any atom is 0.275 e. The number of ether oxygens (including phenoxy) is 1. The third kappa shape index (κ3) is 4.60. The van der Waals surface area contributed by atoms with Crippen molar-refractivity contribution in [2.45, 2.75) is 19.5 Å². The number of carbonyl (C=O) groups excluding carboxylic acids is 1. The van der Waals surface area contributed by atoms with E-state index in [1.165, 1.54) is 5.56 Å². The molecule has 0 aromatic heterocycles. The predicted octanol–water partition coefficient (Wildman–Crippen LogP) is 1.64. The summed E-state index contributed by atoms with van der Waals surface area (Å²) in [7, 11) is 1.63. The van der Waals surface area contributed by atoms with Crippen molar-refractivity contribution in [2.75, 3.05) is 13.7 Å².